The van der Waals surface area contributed by atoms with E-state index < -0.39 is 0 Å². The lowest BCUT2D eigenvalue weighted by molar-refractivity contribution is -0.109. The minimum atomic E-state index is 0.124. The first-order chi connectivity index (χ1) is 11.6. The molecule has 0 unspecified atom stereocenters. The van der Waals surface area contributed by atoms with E-state index in [0.29, 0.717) is 11.5 Å². The highest BCUT2D eigenvalue weighted by Gasteiger charge is 2.14. The average Bonchev–Trinajstić information content (AvgIpc) is 2.57. The Labute approximate surface area is 150 Å². The molecule has 0 bridgehead atoms. The van der Waals surface area contributed by atoms with Crippen LogP contribution in [0.15, 0.2) is 48.5 Å². The molecule has 0 aliphatic rings. The number of carbonyl (C=O) groups is 2. The summed E-state index contributed by atoms with van der Waals surface area (Å²) in [6.07, 6.45) is 0. The molecular formula is C20H18O2S2. The lowest BCUT2D eigenvalue weighted by Crippen LogP contribution is -1.96. The molecule has 0 radical (unpaired) electrons. The molecular weight excluding hydrogens is 336 g/mol. The van der Waals surface area contributed by atoms with Gasteiger partial charge in [0.1, 0.15) is 0 Å². The Balaban J connectivity index is 2.28. The van der Waals surface area contributed by atoms with Gasteiger partial charge in [-0.1, -0.05) is 72.1 Å². The highest BCUT2D eigenvalue weighted by Crippen LogP contribution is 2.36. The van der Waals surface area contributed by atoms with Gasteiger partial charge in [0.05, 0.1) is 0 Å². The number of benzene rings is 3. The van der Waals surface area contributed by atoms with Crippen molar-refractivity contribution in [1.82, 2.24) is 0 Å². The summed E-state index contributed by atoms with van der Waals surface area (Å²) in [7, 11) is 0. The van der Waals surface area contributed by atoms with Crippen LogP contribution in [0.2, 0.25) is 0 Å². The molecule has 2 nitrogen and oxygen atoms in total. The molecule has 3 aromatic rings. The van der Waals surface area contributed by atoms with Crippen molar-refractivity contribution in [3.05, 3.63) is 59.7 Å². The lowest BCUT2D eigenvalue weighted by Gasteiger charge is -2.16. The summed E-state index contributed by atoms with van der Waals surface area (Å²) in [6, 6.07) is 16.6. The fourth-order valence-corrected chi connectivity index (χ4v) is 4.28. The van der Waals surface area contributed by atoms with Gasteiger partial charge in [-0.2, -0.15) is 0 Å². The SMILES string of the molecule is CC(=O)SCc1c2ccccc2c(CSC(C)=O)c2ccccc12. The summed E-state index contributed by atoms with van der Waals surface area (Å²) in [5, 5.41) is 4.93. The number of fused-ring (bicyclic) bond motifs is 2. The predicted molar refractivity (Wildman–Crippen MR) is 105 cm³/mol. The summed E-state index contributed by atoms with van der Waals surface area (Å²) in [5.41, 5.74) is 2.39. The van der Waals surface area contributed by atoms with Crippen LogP contribution in [-0.2, 0) is 21.1 Å². The van der Waals surface area contributed by atoms with Crippen molar-refractivity contribution in [2.45, 2.75) is 25.4 Å². The van der Waals surface area contributed by atoms with E-state index in [1.54, 1.807) is 13.8 Å². The van der Waals surface area contributed by atoms with E-state index in [1.807, 2.05) is 24.3 Å². The Morgan fingerprint density at radius 1 is 0.667 bits per heavy atom. The normalized spacial score (nSPS) is 11.1. The Hall–Kier alpha value is -1.78. The van der Waals surface area contributed by atoms with Crippen LogP contribution in [-0.4, -0.2) is 10.2 Å². The van der Waals surface area contributed by atoms with Crippen LogP contribution in [0.4, 0.5) is 0 Å². The maximum atomic E-state index is 11.5. The first-order valence-electron chi connectivity index (χ1n) is 7.76. The zero-order valence-corrected chi connectivity index (χ0v) is 15.3. The molecule has 0 saturated heterocycles. The number of hydrogen-bond donors (Lipinski definition) is 0. The van der Waals surface area contributed by atoms with E-state index >= 15 is 0 Å². The number of thioether (sulfide) groups is 2. The zero-order chi connectivity index (χ0) is 17.1. The van der Waals surface area contributed by atoms with Crippen LogP contribution in [0.5, 0.6) is 0 Å². The van der Waals surface area contributed by atoms with Crippen LogP contribution in [0.1, 0.15) is 25.0 Å². The lowest BCUT2D eigenvalue weighted by atomic mass is 9.93. The highest BCUT2D eigenvalue weighted by atomic mass is 32.2. The molecule has 0 aliphatic heterocycles. The fourth-order valence-electron chi connectivity index (χ4n) is 2.97. The standard InChI is InChI=1S/C20H18O2S2/c1-13(21)23-11-19-15-7-3-5-9-17(15)20(12-24-14(2)22)18-10-6-4-8-16(18)19/h3-10H,11-12H2,1-2H3. The van der Waals surface area contributed by atoms with Crippen molar-refractivity contribution < 1.29 is 9.59 Å². The van der Waals surface area contributed by atoms with E-state index in [1.165, 1.54) is 56.2 Å². The third kappa shape index (κ3) is 3.50. The number of rotatable bonds is 4. The van der Waals surface area contributed by atoms with Gasteiger partial charge < -0.3 is 0 Å². The molecule has 0 aromatic heterocycles. The van der Waals surface area contributed by atoms with Gasteiger partial charge in [0.15, 0.2) is 10.2 Å². The van der Waals surface area contributed by atoms with Crippen molar-refractivity contribution >= 4 is 55.3 Å². The van der Waals surface area contributed by atoms with E-state index in [4.69, 9.17) is 0 Å². The second-order valence-corrected chi connectivity index (χ2v) is 7.91. The van der Waals surface area contributed by atoms with Gasteiger partial charge in [0.2, 0.25) is 0 Å². The minimum absolute atomic E-state index is 0.124. The van der Waals surface area contributed by atoms with Crippen LogP contribution in [0.25, 0.3) is 21.5 Å². The highest BCUT2D eigenvalue weighted by molar-refractivity contribution is 8.13. The summed E-state index contributed by atoms with van der Waals surface area (Å²) in [4.78, 5) is 22.9. The molecule has 0 amide bonds. The molecule has 0 N–H and O–H groups in total. The third-order valence-electron chi connectivity index (χ3n) is 3.99. The zero-order valence-electron chi connectivity index (χ0n) is 13.7. The summed E-state index contributed by atoms with van der Waals surface area (Å²) in [6.45, 7) is 3.21. The van der Waals surface area contributed by atoms with Crippen molar-refractivity contribution in [2.75, 3.05) is 0 Å². The van der Waals surface area contributed by atoms with Crippen molar-refractivity contribution in [3.8, 4) is 0 Å². The van der Waals surface area contributed by atoms with E-state index in [9.17, 15) is 9.59 Å². The second kappa shape index (κ2) is 7.41. The Kier molecular flexibility index (Phi) is 5.27. The summed E-state index contributed by atoms with van der Waals surface area (Å²) < 4.78 is 0. The van der Waals surface area contributed by atoms with E-state index in [0.717, 1.165) is 0 Å². The fraction of sp³-hybridized carbons (Fsp3) is 0.200. The molecule has 0 heterocycles. The molecule has 24 heavy (non-hydrogen) atoms. The molecule has 0 atom stereocenters. The van der Waals surface area contributed by atoms with Gasteiger partial charge in [-0.3, -0.25) is 9.59 Å². The molecule has 3 rings (SSSR count). The van der Waals surface area contributed by atoms with Gasteiger partial charge in [0, 0.05) is 25.4 Å². The average molecular weight is 354 g/mol. The van der Waals surface area contributed by atoms with Gasteiger partial charge >= 0.3 is 0 Å². The van der Waals surface area contributed by atoms with Crippen LogP contribution < -0.4 is 0 Å². The molecule has 4 heteroatoms. The molecule has 0 fully saturated rings. The number of carbonyl (C=O) groups excluding carboxylic acids is 2. The van der Waals surface area contributed by atoms with E-state index in [-0.39, 0.29) is 10.2 Å². The van der Waals surface area contributed by atoms with Crippen molar-refractivity contribution in [1.29, 1.82) is 0 Å². The van der Waals surface area contributed by atoms with Crippen LogP contribution >= 0.6 is 23.5 Å². The maximum Gasteiger partial charge on any atom is 0.186 e. The Morgan fingerprint density at radius 3 is 1.21 bits per heavy atom. The number of hydrogen-bond acceptors (Lipinski definition) is 4. The summed E-state index contributed by atoms with van der Waals surface area (Å²) >= 11 is 2.68. The monoisotopic (exact) mass is 354 g/mol. The van der Waals surface area contributed by atoms with Crippen molar-refractivity contribution in [2.24, 2.45) is 0 Å². The third-order valence-corrected chi connectivity index (χ3v) is 5.67. The maximum absolute atomic E-state index is 11.5. The van der Waals surface area contributed by atoms with Crippen LogP contribution in [0, 0.1) is 0 Å². The Bertz CT molecular complexity index is 798. The quantitative estimate of drug-likeness (QED) is 0.575. The van der Waals surface area contributed by atoms with E-state index in [2.05, 4.69) is 24.3 Å². The van der Waals surface area contributed by atoms with Crippen molar-refractivity contribution in [3.63, 3.8) is 0 Å². The molecule has 0 saturated carbocycles. The van der Waals surface area contributed by atoms with Crippen LogP contribution in [0.3, 0.4) is 0 Å². The summed E-state index contributed by atoms with van der Waals surface area (Å²) in [5.74, 6) is 1.33. The van der Waals surface area contributed by atoms with Gasteiger partial charge in [-0.15, -0.1) is 0 Å². The molecule has 0 aliphatic carbocycles. The van der Waals surface area contributed by atoms with Gasteiger partial charge in [-0.05, 0) is 32.7 Å². The topological polar surface area (TPSA) is 34.1 Å². The first kappa shape index (κ1) is 17.1. The van der Waals surface area contributed by atoms with Gasteiger partial charge in [0.25, 0.3) is 0 Å². The Morgan fingerprint density at radius 2 is 0.958 bits per heavy atom. The van der Waals surface area contributed by atoms with Gasteiger partial charge in [-0.25, -0.2) is 0 Å². The molecule has 0 spiro atoms. The molecule has 3 aromatic carbocycles. The largest absolute Gasteiger partial charge is 0.288 e. The smallest absolute Gasteiger partial charge is 0.186 e. The predicted octanol–water partition coefficient (Wildman–Crippen LogP) is 5.55. The first-order valence-corrected chi connectivity index (χ1v) is 9.73. The molecule has 122 valence electrons. The second-order valence-electron chi connectivity index (χ2n) is 5.61. The minimum Gasteiger partial charge on any atom is -0.288 e.